The molecule has 446 valence electrons. The first-order valence-electron chi connectivity index (χ1n) is 31.8. The lowest BCUT2D eigenvalue weighted by Gasteiger charge is -2.29. The molecule has 0 aliphatic carbocycles. The van der Waals surface area contributed by atoms with E-state index in [1.807, 2.05) is 0 Å². The van der Waals surface area contributed by atoms with Crippen LogP contribution in [0.15, 0.2) is 180 Å². The molecule has 10 aromatic carbocycles. The number of aryl methyl sites for hydroxylation is 18. The molecule has 0 amide bonds. The van der Waals surface area contributed by atoms with Gasteiger partial charge >= 0.3 is 0 Å². The van der Waals surface area contributed by atoms with Gasteiger partial charge in [0.15, 0.2) is 0 Å². The number of nitrogens with zero attached hydrogens (tertiary/aromatic N) is 2. The molecule has 0 unspecified atom stereocenters. The Hall–Kier alpha value is -8.46. The zero-order valence-corrected chi connectivity index (χ0v) is 56.4. The molecule has 0 saturated carbocycles. The van der Waals surface area contributed by atoms with E-state index in [4.69, 9.17) is 9.98 Å². The Balaban J connectivity index is 1.36. The molecule has 0 radical (unpaired) electrons. The number of hydrogen-bond donors (Lipinski definition) is 0. The van der Waals surface area contributed by atoms with Gasteiger partial charge in [-0.3, -0.25) is 9.98 Å². The smallest absolute Gasteiger partial charge is 0.0717 e. The maximum atomic E-state index is 6.20. The van der Waals surface area contributed by atoms with Crippen LogP contribution in [0, 0.1) is 125 Å². The third-order valence-electron chi connectivity index (χ3n) is 17.6. The molecule has 0 heterocycles. The molecule has 0 fully saturated rings. The third kappa shape index (κ3) is 14.1. The van der Waals surface area contributed by atoms with Crippen molar-refractivity contribution in [2.75, 3.05) is 0 Å². The highest BCUT2D eigenvalue weighted by Gasteiger charge is 2.32. The van der Waals surface area contributed by atoms with Crippen LogP contribution in [0.3, 0.4) is 0 Å². The molecular weight excluding hydrogens is 1060 g/mol. The van der Waals surface area contributed by atoms with E-state index in [1.165, 1.54) is 167 Å². The molecule has 0 N–H and O–H groups in total. The Bertz CT molecular complexity index is 3490. The van der Waals surface area contributed by atoms with Crippen molar-refractivity contribution in [3.8, 4) is 0 Å². The van der Waals surface area contributed by atoms with Crippen LogP contribution in [0.2, 0.25) is 0 Å². The fourth-order valence-electron chi connectivity index (χ4n) is 14.9. The van der Waals surface area contributed by atoms with E-state index in [-0.39, 0.29) is 23.7 Å². The van der Waals surface area contributed by atoms with E-state index in [9.17, 15) is 0 Å². The van der Waals surface area contributed by atoms with E-state index in [0.717, 1.165) is 22.8 Å². The summed E-state index contributed by atoms with van der Waals surface area (Å²) in [6.07, 6.45) is 0. The lowest BCUT2D eigenvalue weighted by atomic mass is 9.76. The van der Waals surface area contributed by atoms with Crippen LogP contribution in [0.4, 0.5) is 11.4 Å². The number of hydrogen-bond acceptors (Lipinski definition) is 2. The van der Waals surface area contributed by atoms with Crippen molar-refractivity contribution in [1.29, 1.82) is 0 Å². The minimum atomic E-state index is -0.137. The molecule has 0 aliphatic heterocycles. The molecule has 2 nitrogen and oxygen atoms in total. The molecule has 88 heavy (non-hydrogen) atoms. The van der Waals surface area contributed by atoms with E-state index in [2.05, 4.69) is 308 Å². The van der Waals surface area contributed by atoms with Gasteiger partial charge in [-0.05, 0) is 205 Å². The van der Waals surface area contributed by atoms with Crippen molar-refractivity contribution >= 4 is 22.8 Å². The third-order valence-corrected chi connectivity index (χ3v) is 17.6. The lowest BCUT2D eigenvalue weighted by molar-refractivity contribution is 0.923. The Kier molecular flexibility index (Phi) is 18.3. The standard InChI is InChI=1S/C86H92N2/c1-49-21-50(2)30-69(29-49)81(70-31-51(3)22-52(4)32-70)77-45-65(17)46-78(82(71-33-53(5)23-54(6)34-71)72-35-55(7)24-56(8)36-72)85(77)87-67(19)68(20)88-86-79(83(73-37-57(9)25-58(10)38-73)74-39-59(11)26-60(12)40-74)47-66(18)48-80(86)84(75-41-61(13)27-62(14)42-75)76-43-63(15)28-64(16)44-76/h21-48,81-84H,1-20H3. The number of aliphatic imine (C=N–C) groups is 2. The predicted octanol–water partition coefficient (Wildman–Crippen LogP) is 22.8. The molecule has 10 aromatic rings. The van der Waals surface area contributed by atoms with Crippen molar-refractivity contribution in [2.24, 2.45) is 9.98 Å². The van der Waals surface area contributed by atoms with Gasteiger partial charge in [0, 0.05) is 23.7 Å². The highest BCUT2D eigenvalue weighted by molar-refractivity contribution is 6.41. The quantitative estimate of drug-likeness (QED) is 0.0722. The largest absolute Gasteiger partial charge is 0.251 e. The first kappa shape index (κ1) is 62.6. The molecular formula is C86H92N2. The summed E-state index contributed by atoms with van der Waals surface area (Å²) in [6.45, 7) is 44.7. The summed E-state index contributed by atoms with van der Waals surface area (Å²) >= 11 is 0. The van der Waals surface area contributed by atoms with Crippen molar-refractivity contribution in [1.82, 2.24) is 0 Å². The summed E-state index contributed by atoms with van der Waals surface area (Å²) in [6, 6.07) is 66.6. The molecule has 0 aliphatic rings. The highest BCUT2D eigenvalue weighted by Crippen LogP contribution is 2.49. The zero-order valence-electron chi connectivity index (χ0n) is 56.4. The molecule has 10 rings (SSSR count). The van der Waals surface area contributed by atoms with Crippen LogP contribution in [0.25, 0.3) is 0 Å². The fraction of sp³-hybridized carbons (Fsp3) is 0.279. The summed E-state index contributed by atoms with van der Waals surface area (Å²) in [7, 11) is 0. The summed E-state index contributed by atoms with van der Waals surface area (Å²) in [5.41, 5.74) is 40.8. The molecule has 0 aromatic heterocycles. The van der Waals surface area contributed by atoms with Crippen LogP contribution in [0.5, 0.6) is 0 Å². The Labute approximate surface area is 528 Å². The first-order valence-corrected chi connectivity index (χ1v) is 31.8. The maximum Gasteiger partial charge on any atom is 0.0717 e. The Morgan fingerprint density at radius 2 is 0.295 bits per heavy atom. The average molecular weight is 1150 g/mol. The van der Waals surface area contributed by atoms with Gasteiger partial charge in [0.05, 0.1) is 22.8 Å². The molecule has 0 bridgehead atoms. The minimum Gasteiger partial charge on any atom is -0.251 e. The number of rotatable bonds is 15. The van der Waals surface area contributed by atoms with Crippen LogP contribution < -0.4 is 0 Å². The predicted molar refractivity (Wildman–Crippen MR) is 379 cm³/mol. The van der Waals surface area contributed by atoms with Gasteiger partial charge in [0.1, 0.15) is 0 Å². The van der Waals surface area contributed by atoms with Gasteiger partial charge in [0.25, 0.3) is 0 Å². The van der Waals surface area contributed by atoms with Gasteiger partial charge in [0.2, 0.25) is 0 Å². The lowest BCUT2D eigenvalue weighted by Crippen LogP contribution is -2.14. The summed E-state index contributed by atoms with van der Waals surface area (Å²) in [5.74, 6) is -0.549. The summed E-state index contributed by atoms with van der Waals surface area (Å²) < 4.78 is 0. The second kappa shape index (κ2) is 25.7. The molecule has 0 atom stereocenters. The van der Waals surface area contributed by atoms with Gasteiger partial charge in [-0.2, -0.15) is 0 Å². The SMILES string of the molecule is CC(=Nc1c(C(c2cc(C)cc(C)c2)c2cc(C)cc(C)c2)cc(C)cc1C(c1cc(C)cc(C)c1)c1cc(C)cc(C)c1)C(C)=Nc1c(C(c2cc(C)cc(C)c2)c2cc(C)cc(C)c2)cc(C)cc1C(c1cc(C)cc(C)c1)c1cc(C)cc(C)c1. The van der Waals surface area contributed by atoms with Gasteiger partial charge in [-0.1, -0.05) is 270 Å². The maximum absolute atomic E-state index is 6.20. The average Bonchev–Trinajstić information content (AvgIpc) is 1.99. The van der Waals surface area contributed by atoms with Crippen molar-refractivity contribution in [2.45, 2.75) is 162 Å². The van der Waals surface area contributed by atoms with Crippen LogP contribution in [-0.2, 0) is 0 Å². The Morgan fingerprint density at radius 1 is 0.182 bits per heavy atom. The number of benzene rings is 10. The highest BCUT2D eigenvalue weighted by atomic mass is 14.8. The molecule has 0 spiro atoms. The molecule has 2 heteroatoms. The normalized spacial score (nSPS) is 12.2. The van der Waals surface area contributed by atoms with E-state index in [0.29, 0.717) is 0 Å². The Morgan fingerprint density at radius 3 is 0.420 bits per heavy atom. The topological polar surface area (TPSA) is 24.7 Å². The van der Waals surface area contributed by atoms with Crippen molar-refractivity contribution < 1.29 is 0 Å². The van der Waals surface area contributed by atoms with E-state index >= 15 is 0 Å². The zero-order chi connectivity index (χ0) is 63.2. The molecule has 0 saturated heterocycles. The second-order valence-corrected chi connectivity index (χ2v) is 27.1. The van der Waals surface area contributed by atoms with Crippen LogP contribution in [-0.4, -0.2) is 11.4 Å². The minimum absolute atomic E-state index is 0.137. The van der Waals surface area contributed by atoms with Crippen LogP contribution in [0.1, 0.15) is 204 Å². The van der Waals surface area contributed by atoms with Gasteiger partial charge in [-0.25, -0.2) is 0 Å². The van der Waals surface area contributed by atoms with E-state index in [1.54, 1.807) is 0 Å². The second-order valence-electron chi connectivity index (χ2n) is 27.1. The summed E-state index contributed by atoms with van der Waals surface area (Å²) in [4.78, 5) is 12.4. The van der Waals surface area contributed by atoms with E-state index < -0.39 is 0 Å². The van der Waals surface area contributed by atoms with Crippen molar-refractivity contribution in [3.63, 3.8) is 0 Å². The monoisotopic (exact) mass is 1150 g/mol. The summed E-state index contributed by atoms with van der Waals surface area (Å²) in [5, 5.41) is 0. The van der Waals surface area contributed by atoms with Crippen LogP contribution >= 0.6 is 0 Å². The van der Waals surface area contributed by atoms with Gasteiger partial charge in [-0.15, -0.1) is 0 Å². The van der Waals surface area contributed by atoms with Crippen molar-refractivity contribution in [3.05, 3.63) is 337 Å². The fourth-order valence-corrected chi connectivity index (χ4v) is 14.9. The first-order chi connectivity index (χ1) is 41.7. The van der Waals surface area contributed by atoms with Gasteiger partial charge < -0.3 is 0 Å².